The maximum absolute atomic E-state index is 11.9. The zero-order valence-electron chi connectivity index (χ0n) is 15.3. The number of carbonyl (C=O) groups is 2. The number of nitro groups is 1. The van der Waals surface area contributed by atoms with E-state index in [0.29, 0.717) is 13.2 Å². The number of hydrogen-bond acceptors (Lipinski definition) is 8. The van der Waals surface area contributed by atoms with E-state index in [2.05, 4.69) is 10.5 Å². The largest absolute Gasteiger partial charge is 0.478 e. The van der Waals surface area contributed by atoms with Gasteiger partial charge in [0.15, 0.2) is 5.79 Å². The van der Waals surface area contributed by atoms with Gasteiger partial charge in [-0.25, -0.2) is 10.2 Å². The molecule has 2 N–H and O–H groups in total. The second-order valence-electron chi connectivity index (χ2n) is 6.29. The van der Waals surface area contributed by atoms with Crippen molar-refractivity contribution in [3.8, 4) is 11.3 Å². The normalized spacial score (nSPS) is 15.5. The van der Waals surface area contributed by atoms with Gasteiger partial charge in [0.2, 0.25) is 5.91 Å². The van der Waals surface area contributed by atoms with E-state index < -0.39 is 22.6 Å². The fraction of sp³-hybridized carbons (Fsp3) is 0.278. The molecule has 0 aliphatic carbocycles. The molecular formula is C18H17N3O8. The van der Waals surface area contributed by atoms with E-state index in [-0.39, 0.29) is 34.8 Å². The maximum atomic E-state index is 11.9. The molecule has 11 heteroatoms. The Morgan fingerprint density at radius 2 is 2.03 bits per heavy atom. The van der Waals surface area contributed by atoms with Gasteiger partial charge in [-0.05, 0) is 25.1 Å². The SMILES string of the molecule is CC1(CC(=O)N/N=C\c2ccc(-c3ccc([N+](=O)[O-])cc3C(=O)O)o2)OCCO1. The average Bonchev–Trinajstić information content (AvgIpc) is 3.30. The van der Waals surface area contributed by atoms with E-state index in [0.717, 1.165) is 6.07 Å². The molecule has 1 amide bonds. The van der Waals surface area contributed by atoms with E-state index >= 15 is 0 Å². The van der Waals surface area contributed by atoms with Crippen molar-refractivity contribution in [2.45, 2.75) is 19.1 Å². The van der Waals surface area contributed by atoms with E-state index in [1.165, 1.54) is 30.5 Å². The summed E-state index contributed by atoms with van der Waals surface area (Å²) < 4.78 is 16.2. The van der Waals surface area contributed by atoms with Crippen LogP contribution in [0.5, 0.6) is 0 Å². The summed E-state index contributed by atoms with van der Waals surface area (Å²) in [5.74, 6) is -2.28. The van der Waals surface area contributed by atoms with Crippen molar-refractivity contribution in [2.24, 2.45) is 5.10 Å². The van der Waals surface area contributed by atoms with Crippen LogP contribution >= 0.6 is 0 Å². The molecule has 1 aliphatic heterocycles. The molecule has 1 aromatic carbocycles. The molecule has 1 aromatic heterocycles. The predicted molar refractivity (Wildman–Crippen MR) is 98.4 cm³/mol. The summed E-state index contributed by atoms with van der Waals surface area (Å²) in [7, 11) is 0. The molecule has 2 aromatic rings. The van der Waals surface area contributed by atoms with Crippen LogP contribution in [0.3, 0.4) is 0 Å². The van der Waals surface area contributed by atoms with Crippen molar-refractivity contribution < 1.29 is 33.5 Å². The first-order valence-corrected chi connectivity index (χ1v) is 8.49. The van der Waals surface area contributed by atoms with Gasteiger partial charge < -0.3 is 19.0 Å². The summed E-state index contributed by atoms with van der Waals surface area (Å²) in [6, 6.07) is 6.46. The van der Waals surface area contributed by atoms with Crippen LogP contribution in [0, 0.1) is 10.1 Å². The Morgan fingerprint density at radius 3 is 2.69 bits per heavy atom. The molecule has 1 fully saturated rings. The molecule has 0 spiro atoms. The van der Waals surface area contributed by atoms with Gasteiger partial charge in [0.1, 0.15) is 11.5 Å². The summed E-state index contributed by atoms with van der Waals surface area (Å²) in [6.07, 6.45) is 1.21. The first-order chi connectivity index (χ1) is 13.8. The molecule has 152 valence electrons. The molecule has 2 heterocycles. The van der Waals surface area contributed by atoms with Gasteiger partial charge in [0.25, 0.3) is 5.69 Å². The summed E-state index contributed by atoms with van der Waals surface area (Å²) >= 11 is 0. The molecule has 0 bridgehead atoms. The van der Waals surface area contributed by atoms with Crippen LogP contribution in [0.4, 0.5) is 5.69 Å². The summed E-state index contributed by atoms with van der Waals surface area (Å²) in [4.78, 5) is 33.5. The van der Waals surface area contributed by atoms with Gasteiger partial charge in [-0.2, -0.15) is 5.10 Å². The highest BCUT2D eigenvalue weighted by atomic mass is 16.7. The minimum atomic E-state index is -1.33. The van der Waals surface area contributed by atoms with Crippen LogP contribution in [0.2, 0.25) is 0 Å². The third kappa shape index (κ3) is 4.83. The predicted octanol–water partition coefficient (Wildman–Crippen LogP) is 2.16. The standard InChI is InChI=1S/C18H17N3O8/c1-18(27-6-7-28-18)9-16(22)20-19-10-12-3-5-15(29-12)13-4-2-11(21(25)26)8-14(13)17(23)24/h2-5,8,10H,6-7,9H2,1H3,(H,20,22)(H,23,24)/b19-10-. The van der Waals surface area contributed by atoms with Crippen LogP contribution < -0.4 is 5.43 Å². The third-order valence-corrected chi connectivity index (χ3v) is 4.10. The highest BCUT2D eigenvalue weighted by Crippen LogP contribution is 2.29. The summed E-state index contributed by atoms with van der Waals surface area (Å²) in [6.45, 7) is 2.50. The number of amides is 1. The van der Waals surface area contributed by atoms with Gasteiger partial charge in [0, 0.05) is 17.7 Å². The lowest BCUT2D eigenvalue weighted by Gasteiger charge is -2.20. The quantitative estimate of drug-likeness (QED) is 0.405. The number of nitrogens with one attached hydrogen (secondary N) is 1. The number of aromatic carboxylic acids is 1. The summed E-state index contributed by atoms with van der Waals surface area (Å²) in [5, 5.41) is 24.0. The van der Waals surface area contributed by atoms with E-state index in [1.807, 2.05) is 0 Å². The number of benzene rings is 1. The fourth-order valence-corrected chi connectivity index (χ4v) is 2.76. The van der Waals surface area contributed by atoms with Gasteiger partial charge >= 0.3 is 5.97 Å². The third-order valence-electron chi connectivity index (χ3n) is 4.10. The van der Waals surface area contributed by atoms with Crippen molar-refractivity contribution in [3.63, 3.8) is 0 Å². The second-order valence-corrected chi connectivity index (χ2v) is 6.29. The smallest absolute Gasteiger partial charge is 0.336 e. The molecule has 0 radical (unpaired) electrons. The number of hydrazone groups is 1. The number of nitrogens with zero attached hydrogens (tertiary/aromatic N) is 2. The Bertz CT molecular complexity index is 975. The molecule has 0 saturated carbocycles. The van der Waals surface area contributed by atoms with E-state index in [4.69, 9.17) is 13.9 Å². The number of nitro benzene ring substituents is 1. The molecule has 11 nitrogen and oxygen atoms in total. The number of carboxylic acid groups (broad SMARTS) is 1. The topological polar surface area (TPSA) is 153 Å². The molecule has 0 atom stereocenters. The highest BCUT2D eigenvalue weighted by Gasteiger charge is 2.33. The average molecular weight is 403 g/mol. The molecule has 3 rings (SSSR count). The monoisotopic (exact) mass is 403 g/mol. The van der Waals surface area contributed by atoms with Crippen molar-refractivity contribution >= 4 is 23.8 Å². The van der Waals surface area contributed by atoms with Crippen molar-refractivity contribution in [1.29, 1.82) is 0 Å². The second kappa shape index (κ2) is 8.20. The Balaban J connectivity index is 1.69. The number of ether oxygens (including phenoxy) is 2. The van der Waals surface area contributed by atoms with Gasteiger partial charge in [-0.3, -0.25) is 14.9 Å². The first-order valence-electron chi connectivity index (χ1n) is 8.49. The summed E-state index contributed by atoms with van der Waals surface area (Å²) in [5.41, 5.74) is 1.89. The zero-order chi connectivity index (χ0) is 21.0. The number of furan rings is 1. The molecule has 0 unspecified atom stereocenters. The lowest BCUT2D eigenvalue weighted by molar-refractivity contribution is -0.384. The van der Waals surface area contributed by atoms with Crippen molar-refractivity contribution in [1.82, 2.24) is 5.43 Å². The van der Waals surface area contributed by atoms with Crippen molar-refractivity contribution in [3.05, 3.63) is 51.8 Å². The molecular weight excluding hydrogens is 386 g/mol. The number of rotatable bonds is 7. The Hall–Kier alpha value is -3.57. The van der Waals surface area contributed by atoms with Crippen LogP contribution in [0.15, 0.2) is 39.9 Å². The molecule has 1 aliphatic rings. The van der Waals surface area contributed by atoms with Crippen LogP contribution in [0.25, 0.3) is 11.3 Å². The first kappa shape index (κ1) is 20.2. The number of carbonyl (C=O) groups excluding carboxylic acids is 1. The van der Waals surface area contributed by atoms with Crippen LogP contribution in [-0.4, -0.2) is 47.1 Å². The lowest BCUT2D eigenvalue weighted by Crippen LogP contribution is -2.33. The van der Waals surface area contributed by atoms with E-state index in [1.54, 1.807) is 6.92 Å². The number of carboxylic acids is 1. The highest BCUT2D eigenvalue weighted by molar-refractivity contribution is 5.96. The van der Waals surface area contributed by atoms with Gasteiger partial charge in [-0.1, -0.05) is 0 Å². The number of hydrogen-bond donors (Lipinski definition) is 2. The minimum Gasteiger partial charge on any atom is -0.478 e. The fourth-order valence-electron chi connectivity index (χ4n) is 2.76. The van der Waals surface area contributed by atoms with Crippen LogP contribution in [-0.2, 0) is 14.3 Å². The van der Waals surface area contributed by atoms with E-state index in [9.17, 15) is 24.8 Å². The molecule has 1 saturated heterocycles. The minimum absolute atomic E-state index is 0.0293. The van der Waals surface area contributed by atoms with Gasteiger partial charge in [-0.15, -0.1) is 0 Å². The lowest BCUT2D eigenvalue weighted by atomic mass is 10.0. The van der Waals surface area contributed by atoms with Gasteiger partial charge in [0.05, 0.1) is 36.3 Å². The number of non-ortho nitro benzene ring substituents is 1. The van der Waals surface area contributed by atoms with Crippen LogP contribution in [0.1, 0.15) is 29.5 Å². The molecule has 29 heavy (non-hydrogen) atoms. The Morgan fingerprint density at radius 1 is 1.31 bits per heavy atom. The Labute approximate surface area is 164 Å². The Kier molecular flexibility index (Phi) is 5.71. The maximum Gasteiger partial charge on any atom is 0.336 e. The van der Waals surface area contributed by atoms with Crippen molar-refractivity contribution in [2.75, 3.05) is 13.2 Å². The zero-order valence-corrected chi connectivity index (χ0v) is 15.3.